The molecule has 0 atom stereocenters. The average molecular weight is 385 g/mol. The normalized spacial score (nSPS) is 16.0. The predicted octanol–water partition coefficient (Wildman–Crippen LogP) is 6.29. The van der Waals surface area contributed by atoms with Crippen LogP contribution in [0, 0.1) is 13.8 Å². The maximum absolute atomic E-state index is 5.80. The summed E-state index contributed by atoms with van der Waals surface area (Å²) in [7, 11) is 0. The molecule has 3 aromatic rings. The van der Waals surface area contributed by atoms with E-state index in [2.05, 4.69) is 51.5 Å². The van der Waals surface area contributed by atoms with Gasteiger partial charge in [0.2, 0.25) is 5.89 Å². The molecule has 0 N–H and O–H groups in total. The Morgan fingerprint density at radius 1 is 1.17 bits per heavy atom. The number of hydrogen-bond donors (Lipinski definition) is 0. The lowest BCUT2D eigenvalue weighted by atomic mass is 10.2. The van der Waals surface area contributed by atoms with E-state index in [1.807, 2.05) is 24.3 Å². The number of benzene rings is 1. The van der Waals surface area contributed by atoms with Crippen molar-refractivity contribution in [3.63, 3.8) is 0 Å². The quantitative estimate of drug-likeness (QED) is 0.530. The molecule has 0 saturated heterocycles. The summed E-state index contributed by atoms with van der Waals surface area (Å²) >= 11 is 3.47. The van der Waals surface area contributed by atoms with Gasteiger partial charge in [0.15, 0.2) is 5.58 Å². The molecule has 0 radical (unpaired) electrons. The minimum atomic E-state index is 0.647. The van der Waals surface area contributed by atoms with Gasteiger partial charge >= 0.3 is 0 Å². The number of halogens is 1. The highest BCUT2D eigenvalue weighted by Gasteiger charge is 2.20. The molecule has 4 heteroatoms. The summed E-state index contributed by atoms with van der Waals surface area (Å²) in [5, 5.41) is 0. The van der Waals surface area contributed by atoms with Gasteiger partial charge in [0.1, 0.15) is 5.52 Å². The molecule has 2 aromatic heterocycles. The summed E-state index contributed by atoms with van der Waals surface area (Å²) in [6.45, 7) is 4.42. The van der Waals surface area contributed by atoms with E-state index >= 15 is 0 Å². The number of rotatable bonds is 3. The molecule has 3 nitrogen and oxygen atoms in total. The van der Waals surface area contributed by atoms with Gasteiger partial charge in [-0.15, -0.1) is 0 Å². The second-order valence-corrected chi connectivity index (χ2v) is 7.55. The maximum Gasteiger partial charge on any atom is 0.220 e. The number of fused-ring (bicyclic) bond motifs is 1. The summed E-state index contributed by atoms with van der Waals surface area (Å²) in [5.41, 5.74) is 5.63. The van der Waals surface area contributed by atoms with Crippen molar-refractivity contribution in [2.45, 2.75) is 45.6 Å². The fraction of sp³-hybridized carbons (Fsp3) is 0.350. The summed E-state index contributed by atoms with van der Waals surface area (Å²) in [6.07, 6.45) is 9.40. The van der Waals surface area contributed by atoms with E-state index in [1.165, 1.54) is 42.6 Å². The first kappa shape index (κ1) is 15.7. The zero-order chi connectivity index (χ0) is 16.7. The molecule has 1 fully saturated rings. The van der Waals surface area contributed by atoms with E-state index in [4.69, 9.17) is 4.42 Å². The highest BCUT2D eigenvalue weighted by molar-refractivity contribution is 9.10. The minimum Gasteiger partial charge on any atom is -0.437 e. The summed E-state index contributed by atoms with van der Waals surface area (Å²) in [5.74, 6) is 0.647. The van der Waals surface area contributed by atoms with Crippen molar-refractivity contribution in [3.05, 3.63) is 51.6 Å². The lowest BCUT2D eigenvalue weighted by molar-refractivity contribution is 0.500. The van der Waals surface area contributed by atoms with E-state index in [1.54, 1.807) is 0 Å². The first-order valence-electron chi connectivity index (χ1n) is 8.54. The van der Waals surface area contributed by atoms with Crippen molar-refractivity contribution >= 4 is 39.2 Å². The van der Waals surface area contributed by atoms with Gasteiger partial charge in [-0.1, -0.05) is 28.8 Å². The van der Waals surface area contributed by atoms with Crippen LogP contribution < -0.4 is 0 Å². The second-order valence-electron chi connectivity index (χ2n) is 6.63. The molecular weight excluding hydrogens is 364 g/mol. The van der Waals surface area contributed by atoms with Gasteiger partial charge in [-0.05, 0) is 62.6 Å². The number of hydrogen-bond acceptors (Lipinski definition) is 2. The van der Waals surface area contributed by atoms with Crippen molar-refractivity contribution in [3.8, 4) is 0 Å². The van der Waals surface area contributed by atoms with Crippen LogP contribution in [-0.4, -0.2) is 9.55 Å². The molecular formula is C20H21BrN2O. The first-order valence-corrected chi connectivity index (χ1v) is 9.34. The molecule has 24 heavy (non-hydrogen) atoms. The van der Waals surface area contributed by atoms with Crippen LogP contribution in [-0.2, 0) is 0 Å². The Kier molecular flexibility index (Phi) is 4.09. The molecule has 0 aliphatic heterocycles. The Bertz CT molecular complexity index is 913. The topological polar surface area (TPSA) is 31.0 Å². The molecule has 4 rings (SSSR count). The van der Waals surface area contributed by atoms with Crippen LogP contribution in [0.1, 0.15) is 54.6 Å². The number of nitrogens with zero attached hydrogens (tertiary/aromatic N) is 2. The Balaban J connectivity index is 1.64. The Morgan fingerprint density at radius 2 is 1.96 bits per heavy atom. The monoisotopic (exact) mass is 384 g/mol. The van der Waals surface area contributed by atoms with Gasteiger partial charge in [-0.25, -0.2) is 4.98 Å². The van der Waals surface area contributed by atoms with Crippen molar-refractivity contribution in [2.75, 3.05) is 0 Å². The van der Waals surface area contributed by atoms with Crippen LogP contribution in [0.4, 0.5) is 0 Å². The van der Waals surface area contributed by atoms with Gasteiger partial charge in [0, 0.05) is 28.0 Å². The predicted molar refractivity (Wildman–Crippen MR) is 102 cm³/mol. The van der Waals surface area contributed by atoms with Gasteiger partial charge in [-0.2, -0.15) is 0 Å². The summed E-state index contributed by atoms with van der Waals surface area (Å²) in [6, 6.07) is 8.83. The van der Waals surface area contributed by atoms with E-state index < -0.39 is 0 Å². The summed E-state index contributed by atoms with van der Waals surface area (Å²) in [4.78, 5) is 4.53. The average Bonchev–Trinajstić information content (AvgIpc) is 3.24. The van der Waals surface area contributed by atoms with E-state index in [0.29, 0.717) is 11.9 Å². The smallest absolute Gasteiger partial charge is 0.220 e. The molecule has 0 bridgehead atoms. The van der Waals surface area contributed by atoms with Crippen LogP contribution in [0.2, 0.25) is 0 Å². The van der Waals surface area contributed by atoms with Crippen molar-refractivity contribution in [2.24, 2.45) is 0 Å². The standard InChI is InChI=1S/C20H21BrN2O/c1-13-11-15(14(2)23(13)17-5-3-4-6-17)7-10-20-22-18-12-16(21)8-9-19(18)24-20/h7-12,17H,3-6H2,1-2H3/b10-7+. The van der Waals surface area contributed by atoms with Crippen LogP contribution >= 0.6 is 15.9 Å². The van der Waals surface area contributed by atoms with Gasteiger partial charge < -0.3 is 8.98 Å². The van der Waals surface area contributed by atoms with Gasteiger partial charge in [-0.3, -0.25) is 0 Å². The van der Waals surface area contributed by atoms with Crippen molar-refractivity contribution < 1.29 is 4.42 Å². The third kappa shape index (κ3) is 2.84. The van der Waals surface area contributed by atoms with Crippen molar-refractivity contribution in [1.29, 1.82) is 0 Å². The highest BCUT2D eigenvalue weighted by Crippen LogP contribution is 2.33. The van der Waals surface area contributed by atoms with Gasteiger partial charge in [0.05, 0.1) is 0 Å². The highest BCUT2D eigenvalue weighted by atomic mass is 79.9. The Hall–Kier alpha value is -1.81. The van der Waals surface area contributed by atoms with E-state index in [-0.39, 0.29) is 0 Å². The fourth-order valence-electron chi connectivity index (χ4n) is 3.85. The molecule has 1 aliphatic rings. The lowest BCUT2D eigenvalue weighted by Crippen LogP contribution is -2.08. The molecule has 1 aromatic carbocycles. The molecule has 0 unspecified atom stereocenters. The minimum absolute atomic E-state index is 0.647. The zero-order valence-corrected chi connectivity index (χ0v) is 15.6. The second kappa shape index (κ2) is 6.25. The molecule has 0 amide bonds. The SMILES string of the molecule is Cc1cc(/C=C/c2nc3cc(Br)ccc3o2)c(C)n1C1CCCC1. The number of aryl methyl sites for hydroxylation is 1. The molecule has 2 heterocycles. The van der Waals surface area contributed by atoms with Crippen LogP contribution in [0.5, 0.6) is 0 Å². The molecule has 1 aliphatic carbocycles. The first-order chi connectivity index (χ1) is 11.6. The fourth-order valence-corrected chi connectivity index (χ4v) is 4.20. The molecule has 124 valence electrons. The largest absolute Gasteiger partial charge is 0.437 e. The third-order valence-electron chi connectivity index (χ3n) is 4.98. The summed E-state index contributed by atoms with van der Waals surface area (Å²) < 4.78 is 9.32. The van der Waals surface area contributed by atoms with E-state index in [9.17, 15) is 0 Å². The third-order valence-corrected chi connectivity index (χ3v) is 5.48. The maximum atomic E-state index is 5.80. The Labute approximate surface area is 150 Å². The van der Waals surface area contributed by atoms with Crippen LogP contribution in [0.25, 0.3) is 23.3 Å². The van der Waals surface area contributed by atoms with Gasteiger partial charge in [0.25, 0.3) is 0 Å². The molecule has 1 saturated carbocycles. The molecule has 0 spiro atoms. The van der Waals surface area contributed by atoms with Crippen molar-refractivity contribution in [1.82, 2.24) is 9.55 Å². The van der Waals surface area contributed by atoms with Crippen LogP contribution in [0.3, 0.4) is 0 Å². The Morgan fingerprint density at radius 3 is 2.75 bits per heavy atom. The number of oxazole rings is 1. The van der Waals surface area contributed by atoms with E-state index in [0.717, 1.165) is 15.6 Å². The van der Waals surface area contributed by atoms with Crippen LogP contribution in [0.15, 0.2) is 33.2 Å². The lowest BCUT2D eigenvalue weighted by Gasteiger charge is -2.17. The zero-order valence-electron chi connectivity index (χ0n) is 14.1. The number of aromatic nitrogens is 2.